The van der Waals surface area contributed by atoms with Gasteiger partial charge in [-0.1, -0.05) is 351 Å². The maximum Gasteiger partial charge on any atom is 0.305 e. The van der Waals surface area contributed by atoms with Gasteiger partial charge in [0, 0.05) is 12.8 Å². The lowest BCUT2D eigenvalue weighted by atomic mass is 10.0. The highest BCUT2D eigenvalue weighted by atomic mass is 16.5. The normalized spacial score (nSPS) is 12.9. The van der Waals surface area contributed by atoms with Gasteiger partial charge in [-0.2, -0.15) is 0 Å². The zero-order valence-corrected chi connectivity index (χ0v) is 56.4. The first-order valence-electron chi connectivity index (χ1n) is 37.6. The van der Waals surface area contributed by atoms with Gasteiger partial charge in [0.1, 0.15) is 0 Å². The lowest BCUT2D eigenvalue weighted by Crippen LogP contribution is -2.45. The van der Waals surface area contributed by atoms with Gasteiger partial charge in [-0.3, -0.25) is 9.59 Å². The number of hydrogen-bond donors (Lipinski definition) is 3. The van der Waals surface area contributed by atoms with Crippen molar-refractivity contribution >= 4 is 11.9 Å². The van der Waals surface area contributed by atoms with Crippen LogP contribution in [0.4, 0.5) is 0 Å². The van der Waals surface area contributed by atoms with Gasteiger partial charge in [-0.15, -0.1) is 0 Å². The number of ether oxygens (including phenoxy) is 1. The maximum atomic E-state index is 12.5. The molecule has 0 aliphatic carbocycles. The second-order valence-electron chi connectivity index (χ2n) is 25.6. The summed E-state index contributed by atoms with van der Waals surface area (Å²) < 4.78 is 5.49. The minimum atomic E-state index is -0.852. The number of esters is 1. The fourth-order valence-corrected chi connectivity index (χ4v) is 11.5. The molecule has 1 amide bonds. The van der Waals surface area contributed by atoms with Crippen LogP contribution in [0.2, 0.25) is 0 Å². The SMILES string of the molecule is CCCCC/C=C\C/C=C\CCCCCCCCCC(=O)OCCCCCCCCCCC/C=C\C/C=C\CCCCCCCCCCCC(=O)NC(CO)C(O)/C=C/CCCCCCCCCCCCCCCCCCCCCCCCC. The number of aliphatic hydroxyl groups is 2. The number of aliphatic hydroxyl groups excluding tert-OH is 2. The Morgan fingerprint density at radius 1 is 0.333 bits per heavy atom. The van der Waals surface area contributed by atoms with Crippen molar-refractivity contribution in [3.05, 3.63) is 60.8 Å². The summed E-state index contributed by atoms with van der Waals surface area (Å²) in [6, 6.07) is -0.636. The van der Waals surface area contributed by atoms with Crippen molar-refractivity contribution in [1.82, 2.24) is 5.32 Å². The molecule has 84 heavy (non-hydrogen) atoms. The highest BCUT2D eigenvalue weighted by molar-refractivity contribution is 5.76. The first-order chi connectivity index (χ1) is 41.5. The van der Waals surface area contributed by atoms with E-state index in [1.807, 2.05) is 6.08 Å². The zero-order valence-electron chi connectivity index (χ0n) is 56.4. The molecule has 0 aromatic heterocycles. The minimum Gasteiger partial charge on any atom is -0.466 e. The Morgan fingerprint density at radius 3 is 0.929 bits per heavy atom. The summed E-state index contributed by atoms with van der Waals surface area (Å²) in [5.74, 6) is -0.0698. The lowest BCUT2D eigenvalue weighted by molar-refractivity contribution is -0.143. The third kappa shape index (κ3) is 68.7. The van der Waals surface area contributed by atoms with E-state index in [4.69, 9.17) is 4.74 Å². The number of hydrogen-bond acceptors (Lipinski definition) is 5. The first-order valence-corrected chi connectivity index (χ1v) is 37.6. The van der Waals surface area contributed by atoms with E-state index in [2.05, 4.69) is 67.8 Å². The van der Waals surface area contributed by atoms with Crippen LogP contribution in [0.25, 0.3) is 0 Å². The Kier molecular flexibility index (Phi) is 70.9. The first kappa shape index (κ1) is 81.6. The summed E-state index contributed by atoms with van der Waals surface area (Å²) in [5.41, 5.74) is 0. The molecule has 0 radical (unpaired) electrons. The van der Waals surface area contributed by atoms with Crippen molar-refractivity contribution in [3.8, 4) is 0 Å². The summed E-state index contributed by atoms with van der Waals surface area (Å²) in [7, 11) is 0. The number of amides is 1. The summed E-state index contributed by atoms with van der Waals surface area (Å²) in [6.07, 6.45) is 97.4. The third-order valence-electron chi connectivity index (χ3n) is 17.3. The Morgan fingerprint density at radius 2 is 0.595 bits per heavy atom. The molecule has 3 N–H and O–H groups in total. The molecule has 0 aliphatic rings. The fourth-order valence-electron chi connectivity index (χ4n) is 11.5. The third-order valence-corrected chi connectivity index (χ3v) is 17.3. The topological polar surface area (TPSA) is 95.9 Å². The molecule has 0 spiro atoms. The van der Waals surface area contributed by atoms with Gasteiger partial charge in [0.15, 0.2) is 0 Å². The molecule has 6 nitrogen and oxygen atoms in total. The van der Waals surface area contributed by atoms with Crippen molar-refractivity contribution in [2.45, 2.75) is 411 Å². The zero-order chi connectivity index (χ0) is 60.6. The molecule has 0 heterocycles. The van der Waals surface area contributed by atoms with Gasteiger partial charge in [0.25, 0.3) is 0 Å². The van der Waals surface area contributed by atoms with E-state index < -0.39 is 12.1 Å². The highest BCUT2D eigenvalue weighted by Crippen LogP contribution is 2.18. The van der Waals surface area contributed by atoms with E-state index in [-0.39, 0.29) is 18.5 Å². The van der Waals surface area contributed by atoms with Crippen LogP contribution in [0.5, 0.6) is 0 Å². The number of unbranched alkanes of at least 4 members (excludes halogenated alkanes) is 51. The molecular weight excluding hydrogens is 1030 g/mol. The summed E-state index contributed by atoms with van der Waals surface area (Å²) in [4.78, 5) is 24.6. The van der Waals surface area contributed by atoms with Gasteiger partial charge in [-0.05, 0) is 96.3 Å². The van der Waals surface area contributed by atoms with Crippen LogP contribution >= 0.6 is 0 Å². The molecule has 2 unspecified atom stereocenters. The van der Waals surface area contributed by atoms with E-state index in [0.717, 1.165) is 57.8 Å². The molecule has 2 atom stereocenters. The molecule has 6 heteroatoms. The second kappa shape index (κ2) is 73.0. The van der Waals surface area contributed by atoms with Crippen LogP contribution in [0.1, 0.15) is 399 Å². The predicted octanol–water partition coefficient (Wildman–Crippen LogP) is 24.6. The van der Waals surface area contributed by atoms with E-state index >= 15 is 0 Å². The van der Waals surface area contributed by atoms with Crippen LogP contribution in [-0.4, -0.2) is 47.4 Å². The largest absolute Gasteiger partial charge is 0.466 e. The molecule has 0 rings (SSSR count). The number of nitrogens with one attached hydrogen (secondary N) is 1. The van der Waals surface area contributed by atoms with Crippen molar-refractivity contribution in [3.63, 3.8) is 0 Å². The van der Waals surface area contributed by atoms with Crippen LogP contribution in [-0.2, 0) is 14.3 Å². The molecule has 0 saturated carbocycles. The molecule has 0 bridgehead atoms. The molecule has 0 aromatic rings. The number of allylic oxidation sites excluding steroid dienone is 9. The Balaban J connectivity index is 3.46. The summed E-state index contributed by atoms with van der Waals surface area (Å²) in [5, 5.41) is 23.3. The molecular formula is C78H145NO5. The van der Waals surface area contributed by atoms with Gasteiger partial charge >= 0.3 is 5.97 Å². The molecule has 0 fully saturated rings. The maximum absolute atomic E-state index is 12.5. The second-order valence-corrected chi connectivity index (χ2v) is 25.6. The number of carbonyl (C=O) groups is 2. The van der Waals surface area contributed by atoms with Crippen LogP contribution in [0, 0.1) is 0 Å². The van der Waals surface area contributed by atoms with Gasteiger partial charge in [-0.25, -0.2) is 0 Å². The average Bonchev–Trinajstić information content (AvgIpc) is 3.51. The van der Waals surface area contributed by atoms with Gasteiger partial charge < -0.3 is 20.3 Å². The van der Waals surface area contributed by atoms with Crippen molar-refractivity contribution in [2.24, 2.45) is 0 Å². The monoisotopic (exact) mass is 1180 g/mol. The van der Waals surface area contributed by atoms with Gasteiger partial charge in [0.05, 0.1) is 25.4 Å². The average molecular weight is 1180 g/mol. The van der Waals surface area contributed by atoms with Crippen molar-refractivity contribution in [1.29, 1.82) is 0 Å². The molecule has 0 aromatic carbocycles. The van der Waals surface area contributed by atoms with Gasteiger partial charge in [0.2, 0.25) is 5.91 Å². The quantitative estimate of drug-likeness (QED) is 0.0320. The van der Waals surface area contributed by atoms with E-state index in [9.17, 15) is 19.8 Å². The van der Waals surface area contributed by atoms with E-state index in [1.165, 1.54) is 315 Å². The number of carbonyl (C=O) groups excluding carboxylic acids is 2. The smallest absolute Gasteiger partial charge is 0.305 e. The van der Waals surface area contributed by atoms with Crippen molar-refractivity contribution in [2.75, 3.05) is 13.2 Å². The molecule has 492 valence electrons. The van der Waals surface area contributed by atoms with E-state index in [0.29, 0.717) is 19.4 Å². The number of rotatable bonds is 70. The molecule has 0 saturated heterocycles. The van der Waals surface area contributed by atoms with Crippen LogP contribution in [0.3, 0.4) is 0 Å². The molecule has 0 aliphatic heterocycles. The predicted molar refractivity (Wildman–Crippen MR) is 370 cm³/mol. The Labute approximate surface area is 524 Å². The van der Waals surface area contributed by atoms with Crippen LogP contribution < -0.4 is 5.32 Å². The van der Waals surface area contributed by atoms with E-state index in [1.54, 1.807) is 6.08 Å². The highest BCUT2D eigenvalue weighted by Gasteiger charge is 2.18. The Bertz CT molecular complexity index is 1450. The summed E-state index contributed by atoms with van der Waals surface area (Å²) in [6.45, 7) is 4.90. The fraction of sp³-hybridized carbons (Fsp3) is 0.846. The van der Waals surface area contributed by atoms with Crippen molar-refractivity contribution < 1.29 is 24.5 Å². The Hall–Kier alpha value is -2.44. The summed E-state index contributed by atoms with van der Waals surface area (Å²) >= 11 is 0. The lowest BCUT2D eigenvalue weighted by Gasteiger charge is -2.20. The minimum absolute atomic E-state index is 0.000970. The van der Waals surface area contributed by atoms with Crippen LogP contribution in [0.15, 0.2) is 60.8 Å². The standard InChI is InChI=1S/C78H145NO5/c1-3-5-7-9-11-13-15-17-19-21-22-23-24-26-29-32-35-39-42-46-50-54-58-62-66-70-76(81)75(74-80)79-77(82)71-67-63-59-55-51-47-43-40-36-33-30-27-25-28-31-34-37-41-45-49-53-57-61-65-69-73-84-78(83)72-68-64-60-56-52-48-44-38-20-18-16-14-12-10-8-6-4-2/h12,14,18,20,27-28,30-31,66,70,75-76,80-81H,3-11,13,15-17,19,21-26,29,32-65,67-69,71-74H2,1-2H3,(H,79,82)/b14-12-,20-18-,30-27-,31-28-,70-66+.